The molecule has 2 atom stereocenters. The lowest BCUT2D eigenvalue weighted by Gasteiger charge is -2.20. The molecule has 0 bridgehead atoms. The van der Waals surface area contributed by atoms with E-state index in [0.717, 1.165) is 30.8 Å². The summed E-state index contributed by atoms with van der Waals surface area (Å²) in [6, 6.07) is 10.3. The summed E-state index contributed by atoms with van der Waals surface area (Å²) < 4.78 is 0. The topological polar surface area (TPSA) is 20.2 Å². The molecule has 112 valence electrons. The minimum absolute atomic E-state index is 0.371. The Balaban J connectivity index is 2.31. The van der Waals surface area contributed by atoms with E-state index < -0.39 is 0 Å². The monoisotopic (exact) mass is 274 g/mol. The van der Waals surface area contributed by atoms with E-state index in [4.69, 9.17) is 0 Å². The maximum atomic E-state index is 10.3. The molecule has 0 aliphatic carbocycles. The molecule has 1 aromatic carbocycles. The van der Waals surface area contributed by atoms with Crippen LogP contribution in [-0.4, -0.2) is 11.2 Å². The summed E-state index contributed by atoms with van der Waals surface area (Å²) in [6.07, 6.45) is 4.95. The van der Waals surface area contributed by atoms with E-state index in [0.29, 0.717) is 5.92 Å². The predicted octanol–water partition coefficient (Wildman–Crippen LogP) is 5.00. The number of hydrogen-bond donors (Lipinski definition) is 1. The summed E-state index contributed by atoms with van der Waals surface area (Å²) in [4.78, 5) is 0. The molecule has 0 saturated heterocycles. The van der Waals surface area contributed by atoms with Crippen LogP contribution in [0.1, 0.15) is 52.0 Å². The van der Waals surface area contributed by atoms with E-state index in [9.17, 15) is 5.11 Å². The number of hydrogen-bond acceptors (Lipinski definition) is 1. The first-order valence-electron chi connectivity index (χ1n) is 7.91. The van der Waals surface area contributed by atoms with Gasteiger partial charge < -0.3 is 5.11 Å². The first-order valence-corrected chi connectivity index (χ1v) is 7.91. The Labute approximate surface area is 124 Å². The maximum Gasteiger partial charge on any atom is 0.0753 e. The van der Waals surface area contributed by atoms with Gasteiger partial charge >= 0.3 is 0 Å². The molecule has 0 heterocycles. The molecule has 0 aromatic heterocycles. The summed E-state index contributed by atoms with van der Waals surface area (Å²) in [6.45, 7) is 10.8. The van der Waals surface area contributed by atoms with Gasteiger partial charge in [-0.25, -0.2) is 0 Å². The molecule has 1 unspecified atom stereocenters. The molecule has 1 aromatic rings. The molecule has 1 nitrogen and oxygen atoms in total. The summed E-state index contributed by atoms with van der Waals surface area (Å²) in [5.74, 6) is 1.18. The Morgan fingerprint density at radius 3 is 2.30 bits per heavy atom. The van der Waals surface area contributed by atoms with Crippen molar-refractivity contribution in [2.24, 2.45) is 11.8 Å². The van der Waals surface area contributed by atoms with Gasteiger partial charge in [-0.15, -0.1) is 0 Å². The van der Waals surface area contributed by atoms with Crippen LogP contribution in [0.5, 0.6) is 0 Å². The van der Waals surface area contributed by atoms with E-state index >= 15 is 0 Å². The first-order chi connectivity index (χ1) is 9.50. The second-order valence-electron chi connectivity index (χ2n) is 6.34. The largest absolute Gasteiger partial charge is 0.389 e. The number of aliphatic hydroxyl groups excluding tert-OH is 1. The maximum absolute atomic E-state index is 10.3. The highest BCUT2D eigenvalue weighted by Gasteiger charge is 2.15. The molecule has 0 radical (unpaired) electrons. The lowest BCUT2D eigenvalue weighted by molar-refractivity contribution is 0.187. The Morgan fingerprint density at radius 2 is 1.70 bits per heavy atom. The molecule has 1 N–H and O–H groups in total. The van der Waals surface area contributed by atoms with Crippen LogP contribution in [0.25, 0.3) is 0 Å². The van der Waals surface area contributed by atoms with Gasteiger partial charge in [0.1, 0.15) is 0 Å². The highest BCUT2D eigenvalue weighted by molar-refractivity contribution is 5.16. The normalized spacial score (nSPS) is 14.2. The van der Waals surface area contributed by atoms with Crippen molar-refractivity contribution in [3.63, 3.8) is 0 Å². The molecule has 0 aliphatic heterocycles. The molecule has 0 aliphatic rings. The van der Waals surface area contributed by atoms with Gasteiger partial charge in [0.15, 0.2) is 0 Å². The van der Waals surface area contributed by atoms with E-state index in [1.54, 1.807) is 0 Å². The summed E-state index contributed by atoms with van der Waals surface area (Å²) >= 11 is 0. The minimum Gasteiger partial charge on any atom is -0.389 e. The van der Waals surface area contributed by atoms with Gasteiger partial charge in [-0.05, 0) is 42.2 Å². The number of aliphatic hydroxyl groups is 1. The van der Waals surface area contributed by atoms with Crippen molar-refractivity contribution in [2.45, 2.75) is 59.0 Å². The van der Waals surface area contributed by atoms with Crippen LogP contribution < -0.4 is 0 Å². The van der Waals surface area contributed by atoms with Gasteiger partial charge in [0, 0.05) is 0 Å². The Bertz CT molecular complexity index is 380. The molecule has 0 fully saturated rings. The SMILES string of the molecule is C=C(C(O)CCc1ccccc1)[C@H](C)CCCC(C)C. The van der Waals surface area contributed by atoms with Crippen LogP contribution >= 0.6 is 0 Å². The third kappa shape index (κ3) is 6.38. The van der Waals surface area contributed by atoms with Crippen molar-refractivity contribution in [1.82, 2.24) is 0 Å². The van der Waals surface area contributed by atoms with Gasteiger partial charge in [-0.1, -0.05) is 70.5 Å². The van der Waals surface area contributed by atoms with Gasteiger partial charge in [-0.2, -0.15) is 0 Å². The van der Waals surface area contributed by atoms with Gasteiger partial charge in [-0.3, -0.25) is 0 Å². The Kier molecular flexibility index (Phi) is 7.61. The van der Waals surface area contributed by atoms with Crippen molar-refractivity contribution >= 4 is 0 Å². The van der Waals surface area contributed by atoms with E-state index in [1.807, 2.05) is 18.2 Å². The second kappa shape index (κ2) is 8.97. The molecule has 1 rings (SSSR count). The fraction of sp³-hybridized carbons (Fsp3) is 0.579. The fourth-order valence-corrected chi connectivity index (χ4v) is 2.48. The highest BCUT2D eigenvalue weighted by Crippen LogP contribution is 2.23. The van der Waals surface area contributed by atoms with Crippen molar-refractivity contribution in [3.05, 3.63) is 48.0 Å². The van der Waals surface area contributed by atoms with Crippen LogP contribution in [-0.2, 0) is 6.42 Å². The van der Waals surface area contributed by atoms with Crippen molar-refractivity contribution in [2.75, 3.05) is 0 Å². The number of benzene rings is 1. The molecular formula is C19H30O. The van der Waals surface area contributed by atoms with Gasteiger partial charge in [0.05, 0.1) is 6.10 Å². The Morgan fingerprint density at radius 1 is 1.05 bits per heavy atom. The smallest absolute Gasteiger partial charge is 0.0753 e. The predicted molar refractivity (Wildman–Crippen MR) is 87.8 cm³/mol. The van der Waals surface area contributed by atoms with Crippen LogP contribution in [0.2, 0.25) is 0 Å². The first kappa shape index (κ1) is 17.0. The van der Waals surface area contributed by atoms with Crippen LogP contribution in [0.3, 0.4) is 0 Å². The van der Waals surface area contributed by atoms with Gasteiger partial charge in [0.2, 0.25) is 0 Å². The standard InChI is InChI=1S/C19H30O/c1-15(2)9-8-10-16(3)17(4)19(20)14-13-18-11-6-5-7-12-18/h5-7,11-12,15-16,19-20H,4,8-10,13-14H2,1-3H3/t16-,19?/m1/s1. The van der Waals surface area contributed by atoms with Crippen LogP contribution in [0.4, 0.5) is 0 Å². The highest BCUT2D eigenvalue weighted by atomic mass is 16.3. The zero-order valence-electron chi connectivity index (χ0n) is 13.3. The van der Waals surface area contributed by atoms with Crippen LogP contribution in [0, 0.1) is 11.8 Å². The average molecular weight is 274 g/mol. The van der Waals surface area contributed by atoms with Crippen molar-refractivity contribution in [1.29, 1.82) is 0 Å². The Hall–Kier alpha value is -1.08. The van der Waals surface area contributed by atoms with E-state index in [-0.39, 0.29) is 6.10 Å². The molecule has 0 saturated carbocycles. The van der Waals surface area contributed by atoms with Crippen molar-refractivity contribution < 1.29 is 5.11 Å². The fourth-order valence-electron chi connectivity index (χ4n) is 2.48. The molecule has 20 heavy (non-hydrogen) atoms. The summed E-state index contributed by atoms with van der Waals surface area (Å²) in [5, 5.41) is 10.3. The zero-order chi connectivity index (χ0) is 15.0. The van der Waals surface area contributed by atoms with Crippen molar-refractivity contribution in [3.8, 4) is 0 Å². The zero-order valence-corrected chi connectivity index (χ0v) is 13.3. The number of rotatable bonds is 9. The third-order valence-corrected chi connectivity index (χ3v) is 4.03. The lowest BCUT2D eigenvalue weighted by atomic mass is 9.89. The molecular weight excluding hydrogens is 244 g/mol. The van der Waals surface area contributed by atoms with Crippen LogP contribution in [0.15, 0.2) is 42.5 Å². The molecule has 0 amide bonds. The minimum atomic E-state index is -0.371. The lowest BCUT2D eigenvalue weighted by Crippen LogP contribution is -2.16. The number of aryl methyl sites for hydroxylation is 1. The summed E-state index contributed by atoms with van der Waals surface area (Å²) in [7, 11) is 0. The second-order valence-corrected chi connectivity index (χ2v) is 6.34. The summed E-state index contributed by atoms with van der Waals surface area (Å²) in [5.41, 5.74) is 2.29. The molecule has 1 heteroatoms. The quantitative estimate of drug-likeness (QED) is 0.628. The van der Waals surface area contributed by atoms with E-state index in [1.165, 1.54) is 18.4 Å². The van der Waals surface area contributed by atoms with Gasteiger partial charge in [0.25, 0.3) is 0 Å². The average Bonchev–Trinajstić information content (AvgIpc) is 2.44. The third-order valence-electron chi connectivity index (χ3n) is 4.03. The van der Waals surface area contributed by atoms with E-state index in [2.05, 4.69) is 39.5 Å². The molecule has 0 spiro atoms.